The van der Waals surface area contributed by atoms with Gasteiger partial charge in [0.25, 0.3) is 5.91 Å². The van der Waals surface area contributed by atoms with Crippen molar-refractivity contribution in [2.75, 3.05) is 0 Å². The Morgan fingerprint density at radius 1 is 1.10 bits per heavy atom. The summed E-state index contributed by atoms with van der Waals surface area (Å²) in [6.45, 7) is 0. The fourth-order valence-electron chi connectivity index (χ4n) is 4.13. The molecule has 4 aromatic rings. The van der Waals surface area contributed by atoms with Crippen molar-refractivity contribution in [2.24, 2.45) is 5.92 Å². The van der Waals surface area contributed by atoms with Gasteiger partial charge in [-0.2, -0.15) is 5.10 Å². The van der Waals surface area contributed by atoms with Gasteiger partial charge in [-0.3, -0.25) is 9.78 Å². The number of aliphatic hydroxyl groups is 1. The highest BCUT2D eigenvalue weighted by molar-refractivity contribution is 5.98. The topological polar surface area (TPSA) is 80.0 Å². The van der Waals surface area contributed by atoms with Crippen LogP contribution < -0.4 is 5.32 Å². The summed E-state index contributed by atoms with van der Waals surface area (Å²) in [5.41, 5.74) is 3.16. The lowest BCUT2D eigenvalue weighted by molar-refractivity contribution is 0.0235. The number of fused-ring (bicyclic) bond motifs is 1. The average molecular weight is 398 g/mol. The van der Waals surface area contributed by atoms with E-state index in [1.165, 1.54) is 0 Å². The van der Waals surface area contributed by atoms with Crippen LogP contribution in [0.1, 0.15) is 34.8 Å². The number of nitrogens with one attached hydrogen (secondary N) is 1. The number of aromatic nitrogens is 3. The molecule has 2 aromatic heterocycles. The molecule has 6 heteroatoms. The lowest BCUT2D eigenvalue weighted by atomic mass is 9.75. The zero-order valence-corrected chi connectivity index (χ0v) is 16.3. The van der Waals surface area contributed by atoms with Crippen LogP contribution in [-0.2, 0) is 0 Å². The van der Waals surface area contributed by atoms with Gasteiger partial charge in [-0.15, -0.1) is 0 Å². The summed E-state index contributed by atoms with van der Waals surface area (Å²) in [4.78, 5) is 17.9. The second-order valence-corrected chi connectivity index (χ2v) is 7.77. The highest BCUT2D eigenvalue weighted by Crippen LogP contribution is 2.38. The Balaban J connectivity index is 1.48. The molecule has 150 valence electrons. The Kier molecular flexibility index (Phi) is 4.77. The van der Waals surface area contributed by atoms with E-state index < -0.39 is 0 Å². The minimum absolute atomic E-state index is 0.166. The average Bonchev–Trinajstić information content (AvgIpc) is 3.30. The molecule has 1 saturated carbocycles. The maximum Gasteiger partial charge on any atom is 0.253 e. The molecule has 0 saturated heterocycles. The quantitative estimate of drug-likeness (QED) is 0.538. The number of nitrogens with zero attached hydrogens (tertiary/aromatic N) is 3. The number of benzene rings is 2. The van der Waals surface area contributed by atoms with E-state index in [4.69, 9.17) is 0 Å². The monoisotopic (exact) mass is 398 g/mol. The maximum atomic E-state index is 13.3. The van der Waals surface area contributed by atoms with Crippen LogP contribution in [-0.4, -0.2) is 31.9 Å². The van der Waals surface area contributed by atoms with Crippen LogP contribution in [0, 0.1) is 5.92 Å². The minimum Gasteiger partial charge on any atom is -0.393 e. The molecule has 2 N–H and O–H groups in total. The third-order valence-corrected chi connectivity index (χ3v) is 5.78. The van der Waals surface area contributed by atoms with E-state index >= 15 is 0 Å². The second kappa shape index (κ2) is 7.72. The van der Waals surface area contributed by atoms with Crippen molar-refractivity contribution in [3.63, 3.8) is 0 Å². The van der Waals surface area contributed by atoms with Crippen molar-refractivity contribution in [2.45, 2.75) is 25.0 Å². The first-order chi connectivity index (χ1) is 14.7. The standard InChI is InChI=1S/C24H22N4O2/c29-19-13-17(14-19)23(18-12-16-6-1-3-8-21(16)25-15-18)27-24(30)20-7-2-4-9-22(20)28-11-5-10-26-28/h1-12,15,17,19,23,29H,13-14H2,(H,27,30)/t17?,19?,23-/m0/s1. The first-order valence-corrected chi connectivity index (χ1v) is 10.1. The summed E-state index contributed by atoms with van der Waals surface area (Å²) in [6, 6.07) is 19.0. The molecule has 1 fully saturated rings. The summed E-state index contributed by atoms with van der Waals surface area (Å²) in [7, 11) is 0. The van der Waals surface area contributed by atoms with E-state index in [2.05, 4.69) is 21.5 Å². The smallest absolute Gasteiger partial charge is 0.253 e. The number of hydrogen-bond acceptors (Lipinski definition) is 4. The van der Waals surface area contributed by atoms with Gasteiger partial charge in [0.2, 0.25) is 0 Å². The maximum absolute atomic E-state index is 13.3. The molecule has 5 rings (SSSR count). The second-order valence-electron chi connectivity index (χ2n) is 7.77. The lowest BCUT2D eigenvalue weighted by Gasteiger charge is -2.38. The van der Waals surface area contributed by atoms with Crippen LogP contribution in [0.4, 0.5) is 0 Å². The molecule has 0 spiro atoms. The van der Waals surface area contributed by atoms with Crippen molar-refractivity contribution in [1.29, 1.82) is 0 Å². The number of carbonyl (C=O) groups excluding carboxylic acids is 1. The van der Waals surface area contributed by atoms with Crippen molar-refractivity contribution in [3.8, 4) is 5.69 Å². The van der Waals surface area contributed by atoms with Crippen LogP contribution in [0.25, 0.3) is 16.6 Å². The van der Waals surface area contributed by atoms with E-state index in [-0.39, 0.29) is 24.0 Å². The van der Waals surface area contributed by atoms with Crippen LogP contribution in [0.5, 0.6) is 0 Å². The van der Waals surface area contributed by atoms with E-state index in [1.807, 2.05) is 60.9 Å². The van der Waals surface area contributed by atoms with Crippen molar-refractivity contribution < 1.29 is 9.90 Å². The third-order valence-electron chi connectivity index (χ3n) is 5.78. The Hall–Kier alpha value is -3.51. The first-order valence-electron chi connectivity index (χ1n) is 10.1. The van der Waals surface area contributed by atoms with Gasteiger partial charge in [0.05, 0.1) is 28.9 Å². The van der Waals surface area contributed by atoms with Gasteiger partial charge in [0, 0.05) is 24.0 Å². The van der Waals surface area contributed by atoms with Crippen molar-refractivity contribution in [1.82, 2.24) is 20.1 Å². The molecule has 1 atom stereocenters. The molecule has 0 bridgehead atoms. The highest BCUT2D eigenvalue weighted by atomic mass is 16.3. The number of amides is 1. The molecule has 2 heterocycles. The summed E-state index contributed by atoms with van der Waals surface area (Å²) in [5.74, 6) is 0.00410. The van der Waals surface area contributed by atoms with Crippen molar-refractivity contribution in [3.05, 3.63) is 90.4 Å². The van der Waals surface area contributed by atoms with Gasteiger partial charge in [0.1, 0.15) is 0 Å². The summed E-state index contributed by atoms with van der Waals surface area (Å²) in [6.07, 6.45) is 6.36. The number of rotatable bonds is 5. The minimum atomic E-state index is -0.306. The van der Waals surface area contributed by atoms with Crippen LogP contribution in [0.3, 0.4) is 0 Å². The molecule has 0 radical (unpaired) electrons. The van der Waals surface area contributed by atoms with Gasteiger partial charge in [-0.05, 0) is 54.7 Å². The van der Waals surface area contributed by atoms with Gasteiger partial charge < -0.3 is 10.4 Å². The molecule has 30 heavy (non-hydrogen) atoms. The number of pyridine rings is 1. The molecular formula is C24H22N4O2. The van der Waals surface area contributed by atoms with Crippen LogP contribution >= 0.6 is 0 Å². The molecule has 1 aliphatic carbocycles. The molecule has 0 aliphatic heterocycles. The Morgan fingerprint density at radius 2 is 1.90 bits per heavy atom. The van der Waals surface area contributed by atoms with E-state index in [9.17, 15) is 9.90 Å². The van der Waals surface area contributed by atoms with E-state index in [0.717, 1.165) is 22.2 Å². The molecule has 2 aromatic carbocycles. The SMILES string of the molecule is O=C(N[C@H](c1cnc2ccccc2c1)C1CC(O)C1)c1ccccc1-n1cccn1. The molecule has 6 nitrogen and oxygen atoms in total. The molecular weight excluding hydrogens is 376 g/mol. The molecule has 1 amide bonds. The van der Waals surface area contributed by atoms with Crippen LogP contribution in [0.15, 0.2) is 79.3 Å². The van der Waals surface area contributed by atoms with Crippen molar-refractivity contribution >= 4 is 16.8 Å². The van der Waals surface area contributed by atoms with E-state index in [1.54, 1.807) is 16.9 Å². The number of para-hydroxylation sites is 2. The third kappa shape index (κ3) is 3.46. The summed E-state index contributed by atoms with van der Waals surface area (Å²) >= 11 is 0. The Labute approximate surface area is 174 Å². The fraction of sp³-hybridized carbons (Fsp3) is 0.208. The highest BCUT2D eigenvalue weighted by Gasteiger charge is 2.36. The predicted octanol–water partition coefficient (Wildman–Crippen LogP) is 3.66. The largest absolute Gasteiger partial charge is 0.393 e. The number of carbonyl (C=O) groups is 1. The first kappa shape index (κ1) is 18.5. The van der Waals surface area contributed by atoms with Gasteiger partial charge >= 0.3 is 0 Å². The zero-order valence-electron chi connectivity index (χ0n) is 16.3. The van der Waals surface area contributed by atoms with Gasteiger partial charge in [-0.1, -0.05) is 30.3 Å². The predicted molar refractivity (Wildman–Crippen MR) is 114 cm³/mol. The Morgan fingerprint density at radius 3 is 2.70 bits per heavy atom. The fourth-order valence-corrected chi connectivity index (χ4v) is 4.13. The molecule has 1 aliphatic rings. The van der Waals surface area contributed by atoms with E-state index in [0.29, 0.717) is 18.4 Å². The van der Waals surface area contributed by atoms with Crippen LogP contribution in [0.2, 0.25) is 0 Å². The lowest BCUT2D eigenvalue weighted by Crippen LogP contribution is -2.41. The van der Waals surface area contributed by atoms with Gasteiger partial charge in [-0.25, -0.2) is 4.68 Å². The zero-order chi connectivity index (χ0) is 20.5. The molecule has 0 unspecified atom stereocenters. The normalized spacial score (nSPS) is 19.2. The van der Waals surface area contributed by atoms with Gasteiger partial charge in [0.15, 0.2) is 0 Å². The number of hydrogen-bond donors (Lipinski definition) is 2. The summed E-state index contributed by atoms with van der Waals surface area (Å²) < 4.78 is 1.69. The Bertz CT molecular complexity index is 1180. The number of aliphatic hydroxyl groups excluding tert-OH is 1. The summed E-state index contributed by atoms with van der Waals surface area (Å²) in [5, 5.41) is 18.4.